The molecule has 0 aliphatic heterocycles. The van der Waals surface area contributed by atoms with Crippen molar-refractivity contribution in [3.63, 3.8) is 0 Å². The van der Waals surface area contributed by atoms with Crippen molar-refractivity contribution in [3.05, 3.63) is 64.1 Å². The molecular formula is C19H22F3N3O3. The van der Waals surface area contributed by atoms with Gasteiger partial charge in [-0.15, -0.1) is 0 Å². The van der Waals surface area contributed by atoms with Gasteiger partial charge in [0.15, 0.2) is 0 Å². The lowest BCUT2D eigenvalue weighted by molar-refractivity contribution is -0.139. The first-order valence-electron chi connectivity index (χ1n) is 8.47. The molecule has 1 heterocycles. The van der Waals surface area contributed by atoms with Crippen molar-refractivity contribution >= 4 is 5.91 Å². The number of amides is 1. The molecule has 2 rings (SSSR count). The van der Waals surface area contributed by atoms with Crippen LogP contribution in [0.4, 0.5) is 13.2 Å². The molecule has 0 bridgehead atoms. The molecule has 0 saturated carbocycles. The van der Waals surface area contributed by atoms with E-state index in [1.807, 2.05) is 37.2 Å². The Morgan fingerprint density at radius 1 is 1.25 bits per heavy atom. The Bertz CT molecular complexity index is 878. The Kier molecular flexibility index (Phi) is 6.85. The van der Waals surface area contributed by atoms with Gasteiger partial charge in [-0.1, -0.05) is 12.1 Å². The number of ether oxygens (including phenoxy) is 1. The Morgan fingerprint density at radius 2 is 1.96 bits per heavy atom. The minimum absolute atomic E-state index is 0.183. The van der Waals surface area contributed by atoms with Gasteiger partial charge in [-0.2, -0.15) is 13.2 Å². The summed E-state index contributed by atoms with van der Waals surface area (Å²) in [4.78, 5) is 26.0. The average Bonchev–Trinajstić information content (AvgIpc) is 2.62. The number of hydrogen-bond donors (Lipinski definition) is 1. The first-order chi connectivity index (χ1) is 13.1. The monoisotopic (exact) mass is 397 g/mol. The Morgan fingerprint density at radius 3 is 2.57 bits per heavy atom. The predicted molar refractivity (Wildman–Crippen MR) is 98.1 cm³/mol. The number of benzene rings is 1. The molecule has 0 saturated heterocycles. The summed E-state index contributed by atoms with van der Waals surface area (Å²) in [5, 5.41) is 2.67. The SMILES string of the molecule is COc1cccc(C(CNC(=O)Cn2cccc(C(F)(F)F)c2=O)N(C)C)c1. The normalized spacial score (nSPS) is 12.7. The van der Waals surface area contributed by atoms with Crippen molar-refractivity contribution in [2.24, 2.45) is 0 Å². The standard InChI is InChI=1S/C19H22F3N3O3/c1-24(2)16(13-6-4-7-14(10-13)28-3)11-23-17(26)12-25-9-5-8-15(18(25)27)19(20,21)22/h4-10,16H,11-12H2,1-3H3,(H,23,26). The van der Waals surface area contributed by atoms with E-state index in [1.54, 1.807) is 13.2 Å². The van der Waals surface area contributed by atoms with Gasteiger partial charge in [0.05, 0.1) is 13.2 Å². The molecule has 1 aromatic carbocycles. The third-order valence-corrected chi connectivity index (χ3v) is 4.23. The fraction of sp³-hybridized carbons (Fsp3) is 0.368. The van der Waals surface area contributed by atoms with Gasteiger partial charge >= 0.3 is 6.18 Å². The molecule has 9 heteroatoms. The molecule has 0 spiro atoms. The summed E-state index contributed by atoms with van der Waals surface area (Å²) < 4.78 is 44.4. The number of carbonyl (C=O) groups is 1. The summed E-state index contributed by atoms with van der Waals surface area (Å²) >= 11 is 0. The van der Waals surface area contributed by atoms with Gasteiger partial charge in [0.25, 0.3) is 5.56 Å². The molecule has 2 aromatic rings. The summed E-state index contributed by atoms with van der Waals surface area (Å²) in [6.07, 6.45) is -3.61. The van der Waals surface area contributed by atoms with E-state index in [-0.39, 0.29) is 12.6 Å². The summed E-state index contributed by atoms with van der Waals surface area (Å²) in [5.41, 5.74) is -1.65. The highest BCUT2D eigenvalue weighted by molar-refractivity contribution is 5.75. The van der Waals surface area contributed by atoms with Crippen molar-refractivity contribution in [1.29, 1.82) is 0 Å². The first-order valence-corrected chi connectivity index (χ1v) is 8.47. The molecule has 0 aliphatic carbocycles. The molecule has 0 fully saturated rings. The van der Waals surface area contributed by atoms with E-state index in [4.69, 9.17) is 4.74 Å². The summed E-state index contributed by atoms with van der Waals surface area (Å²) in [5.74, 6) is 0.113. The fourth-order valence-corrected chi connectivity index (χ4v) is 2.75. The maximum absolute atomic E-state index is 12.8. The van der Waals surface area contributed by atoms with Gasteiger partial charge in [-0.05, 0) is 43.9 Å². The average molecular weight is 397 g/mol. The second-order valence-corrected chi connectivity index (χ2v) is 6.41. The van der Waals surface area contributed by atoms with E-state index >= 15 is 0 Å². The number of methoxy groups -OCH3 is 1. The van der Waals surface area contributed by atoms with E-state index in [0.717, 1.165) is 22.4 Å². The number of aromatic nitrogens is 1. The largest absolute Gasteiger partial charge is 0.497 e. The number of nitrogens with zero attached hydrogens (tertiary/aromatic N) is 2. The quantitative estimate of drug-likeness (QED) is 0.779. The Hall–Kier alpha value is -2.81. The van der Waals surface area contributed by atoms with Crippen LogP contribution < -0.4 is 15.6 Å². The van der Waals surface area contributed by atoms with Crippen molar-refractivity contribution in [3.8, 4) is 5.75 Å². The van der Waals surface area contributed by atoms with Crippen molar-refractivity contribution in [2.75, 3.05) is 27.7 Å². The van der Waals surface area contributed by atoms with Gasteiger partial charge in [0, 0.05) is 12.7 Å². The number of halogens is 3. The van der Waals surface area contributed by atoms with Crippen LogP contribution in [0.2, 0.25) is 0 Å². The molecule has 0 radical (unpaired) electrons. The third kappa shape index (κ3) is 5.35. The maximum Gasteiger partial charge on any atom is 0.421 e. The lowest BCUT2D eigenvalue weighted by Gasteiger charge is -2.25. The second kappa shape index (κ2) is 8.92. The zero-order valence-electron chi connectivity index (χ0n) is 15.8. The minimum Gasteiger partial charge on any atom is -0.497 e. The summed E-state index contributed by atoms with van der Waals surface area (Å²) in [6, 6.07) is 8.96. The molecule has 28 heavy (non-hydrogen) atoms. The van der Waals surface area contributed by atoms with Gasteiger partial charge in [-0.25, -0.2) is 0 Å². The van der Waals surface area contributed by atoms with Crippen LogP contribution in [0, 0.1) is 0 Å². The molecule has 1 atom stereocenters. The van der Waals surface area contributed by atoms with Crippen LogP contribution in [-0.2, 0) is 17.5 Å². The second-order valence-electron chi connectivity index (χ2n) is 6.41. The van der Waals surface area contributed by atoms with Crippen molar-refractivity contribution in [1.82, 2.24) is 14.8 Å². The van der Waals surface area contributed by atoms with Gasteiger partial charge in [-0.3, -0.25) is 9.59 Å². The van der Waals surface area contributed by atoms with E-state index in [1.165, 1.54) is 0 Å². The Labute approximate surface area is 160 Å². The maximum atomic E-state index is 12.8. The number of nitrogens with one attached hydrogen (secondary N) is 1. The predicted octanol–water partition coefficient (Wildman–Crippen LogP) is 2.29. The summed E-state index contributed by atoms with van der Waals surface area (Å²) in [6.45, 7) is -0.284. The lowest BCUT2D eigenvalue weighted by atomic mass is 10.1. The number of carbonyl (C=O) groups excluding carboxylic acids is 1. The molecule has 152 valence electrons. The van der Waals surface area contributed by atoms with E-state index in [9.17, 15) is 22.8 Å². The van der Waals surface area contributed by atoms with E-state index in [0.29, 0.717) is 11.8 Å². The molecule has 1 aromatic heterocycles. The highest BCUT2D eigenvalue weighted by Crippen LogP contribution is 2.26. The molecule has 1 unspecified atom stereocenters. The number of hydrogen-bond acceptors (Lipinski definition) is 4. The lowest BCUT2D eigenvalue weighted by Crippen LogP contribution is -2.38. The van der Waals surface area contributed by atoms with Crippen LogP contribution in [-0.4, -0.2) is 43.1 Å². The number of alkyl halides is 3. The van der Waals surface area contributed by atoms with Crippen LogP contribution in [0.3, 0.4) is 0 Å². The third-order valence-electron chi connectivity index (χ3n) is 4.23. The Balaban J connectivity index is 2.09. The topological polar surface area (TPSA) is 63.6 Å². The van der Waals surface area contributed by atoms with Gasteiger partial charge < -0.3 is 19.5 Å². The zero-order valence-corrected chi connectivity index (χ0v) is 15.8. The summed E-state index contributed by atoms with van der Waals surface area (Å²) in [7, 11) is 5.24. The van der Waals surface area contributed by atoms with Crippen LogP contribution in [0.25, 0.3) is 0 Å². The number of likely N-dealkylation sites (N-methyl/N-ethyl adjacent to an activating group) is 1. The van der Waals surface area contributed by atoms with Crippen LogP contribution >= 0.6 is 0 Å². The molecule has 1 amide bonds. The van der Waals surface area contributed by atoms with E-state index in [2.05, 4.69) is 5.32 Å². The highest BCUT2D eigenvalue weighted by atomic mass is 19.4. The molecule has 1 N–H and O–H groups in total. The molecule has 6 nitrogen and oxygen atoms in total. The van der Waals surface area contributed by atoms with E-state index < -0.39 is 29.8 Å². The molecular weight excluding hydrogens is 375 g/mol. The van der Waals surface area contributed by atoms with Gasteiger partial charge in [0.1, 0.15) is 17.9 Å². The number of pyridine rings is 1. The minimum atomic E-state index is -4.76. The van der Waals surface area contributed by atoms with Crippen LogP contribution in [0.15, 0.2) is 47.4 Å². The van der Waals surface area contributed by atoms with Crippen LogP contribution in [0.1, 0.15) is 17.2 Å². The fourth-order valence-electron chi connectivity index (χ4n) is 2.75. The van der Waals surface area contributed by atoms with Crippen LogP contribution in [0.5, 0.6) is 5.75 Å². The highest BCUT2D eigenvalue weighted by Gasteiger charge is 2.34. The zero-order chi connectivity index (χ0) is 20.9. The van der Waals surface area contributed by atoms with Gasteiger partial charge in [0.2, 0.25) is 5.91 Å². The van der Waals surface area contributed by atoms with Crippen molar-refractivity contribution in [2.45, 2.75) is 18.8 Å². The van der Waals surface area contributed by atoms with Crippen molar-refractivity contribution < 1.29 is 22.7 Å². The molecule has 0 aliphatic rings. The number of rotatable bonds is 7. The first kappa shape index (κ1) is 21.5. The smallest absolute Gasteiger partial charge is 0.421 e.